The third-order valence-electron chi connectivity index (χ3n) is 3.04. The van der Waals surface area contributed by atoms with Crippen LogP contribution in [0.25, 0.3) is 5.69 Å². The number of aryl methyl sites for hydroxylation is 1. The largest absolute Gasteiger partial charge is 0.478 e. The Labute approximate surface area is 110 Å². The SMILES string of the molecule is CCCc1c(C)[nH]n(-c2cccc(C(=O)O)c2)c1=O. The number of hydrogen-bond acceptors (Lipinski definition) is 2. The summed E-state index contributed by atoms with van der Waals surface area (Å²) in [4.78, 5) is 23.2. The minimum absolute atomic E-state index is 0.109. The second kappa shape index (κ2) is 5.14. The van der Waals surface area contributed by atoms with Gasteiger partial charge in [-0.3, -0.25) is 9.89 Å². The summed E-state index contributed by atoms with van der Waals surface area (Å²) in [7, 11) is 0. The highest BCUT2D eigenvalue weighted by Gasteiger charge is 2.12. The van der Waals surface area contributed by atoms with E-state index in [1.54, 1.807) is 12.1 Å². The Bertz CT molecular complexity index is 668. The normalized spacial score (nSPS) is 10.6. The molecule has 0 fully saturated rings. The molecule has 2 aromatic rings. The highest BCUT2D eigenvalue weighted by atomic mass is 16.4. The van der Waals surface area contributed by atoms with E-state index in [0.717, 1.165) is 17.7 Å². The van der Waals surface area contributed by atoms with Crippen molar-refractivity contribution in [2.45, 2.75) is 26.7 Å². The summed E-state index contributed by atoms with van der Waals surface area (Å²) < 4.78 is 1.40. The van der Waals surface area contributed by atoms with E-state index in [-0.39, 0.29) is 11.1 Å². The van der Waals surface area contributed by atoms with E-state index in [2.05, 4.69) is 5.10 Å². The third-order valence-corrected chi connectivity index (χ3v) is 3.04. The van der Waals surface area contributed by atoms with Crippen molar-refractivity contribution in [2.24, 2.45) is 0 Å². The van der Waals surface area contributed by atoms with Crippen LogP contribution in [0.4, 0.5) is 0 Å². The summed E-state index contributed by atoms with van der Waals surface area (Å²) in [5.41, 5.74) is 2.17. The molecule has 0 aliphatic rings. The fourth-order valence-corrected chi connectivity index (χ4v) is 2.09. The van der Waals surface area contributed by atoms with Crippen molar-refractivity contribution in [3.8, 4) is 5.69 Å². The molecule has 1 heterocycles. The monoisotopic (exact) mass is 260 g/mol. The van der Waals surface area contributed by atoms with Gasteiger partial charge in [0.05, 0.1) is 11.3 Å². The van der Waals surface area contributed by atoms with Crippen LogP contribution in [0.3, 0.4) is 0 Å². The number of carboxylic acids is 1. The lowest BCUT2D eigenvalue weighted by molar-refractivity contribution is 0.0697. The lowest BCUT2D eigenvalue weighted by Gasteiger charge is -2.02. The lowest BCUT2D eigenvalue weighted by atomic mass is 10.1. The summed E-state index contributed by atoms with van der Waals surface area (Å²) in [6.07, 6.45) is 1.61. The van der Waals surface area contributed by atoms with Crippen molar-refractivity contribution in [3.63, 3.8) is 0 Å². The molecule has 0 radical (unpaired) electrons. The Kier molecular flexibility index (Phi) is 3.55. The summed E-state index contributed by atoms with van der Waals surface area (Å²) >= 11 is 0. The molecule has 0 spiro atoms. The summed E-state index contributed by atoms with van der Waals surface area (Å²) in [6, 6.07) is 6.31. The van der Waals surface area contributed by atoms with Gasteiger partial charge in [-0.1, -0.05) is 19.4 Å². The smallest absolute Gasteiger partial charge is 0.335 e. The van der Waals surface area contributed by atoms with Crippen LogP contribution in [0.5, 0.6) is 0 Å². The summed E-state index contributed by atoms with van der Waals surface area (Å²) in [5.74, 6) is -1.01. The Balaban J connectivity index is 2.53. The number of nitrogens with zero attached hydrogens (tertiary/aromatic N) is 1. The molecule has 5 nitrogen and oxygen atoms in total. The van der Waals surface area contributed by atoms with Crippen LogP contribution in [-0.4, -0.2) is 20.9 Å². The topological polar surface area (TPSA) is 75.1 Å². The number of aromatic nitrogens is 2. The number of aromatic amines is 1. The predicted molar refractivity (Wildman–Crippen MR) is 72.1 cm³/mol. The predicted octanol–water partition coefficient (Wildman–Crippen LogP) is 2.12. The van der Waals surface area contributed by atoms with E-state index in [9.17, 15) is 9.59 Å². The van der Waals surface area contributed by atoms with E-state index < -0.39 is 5.97 Å². The van der Waals surface area contributed by atoms with E-state index in [1.165, 1.54) is 16.8 Å². The molecule has 19 heavy (non-hydrogen) atoms. The van der Waals surface area contributed by atoms with Gasteiger partial charge in [-0.15, -0.1) is 0 Å². The van der Waals surface area contributed by atoms with Gasteiger partial charge in [0.25, 0.3) is 5.56 Å². The number of carboxylic acid groups (broad SMARTS) is 1. The number of rotatable bonds is 4. The standard InChI is InChI=1S/C14H16N2O3/c1-3-5-12-9(2)15-16(13(12)17)11-7-4-6-10(8-11)14(18)19/h4,6-8,15H,3,5H2,1-2H3,(H,18,19). The summed E-state index contributed by atoms with van der Waals surface area (Å²) in [6.45, 7) is 3.87. The maximum atomic E-state index is 12.2. The molecular weight excluding hydrogens is 244 g/mol. The Morgan fingerprint density at radius 2 is 2.16 bits per heavy atom. The van der Waals surface area contributed by atoms with Crippen molar-refractivity contribution in [3.05, 3.63) is 51.4 Å². The van der Waals surface area contributed by atoms with Crippen molar-refractivity contribution in [1.82, 2.24) is 9.78 Å². The fourth-order valence-electron chi connectivity index (χ4n) is 2.09. The second-order valence-electron chi connectivity index (χ2n) is 4.46. The first-order valence-corrected chi connectivity index (χ1v) is 6.18. The molecule has 2 N–H and O–H groups in total. The molecule has 0 atom stereocenters. The molecule has 0 saturated carbocycles. The van der Waals surface area contributed by atoms with Gasteiger partial charge in [-0.05, 0) is 31.5 Å². The Morgan fingerprint density at radius 1 is 1.42 bits per heavy atom. The quantitative estimate of drug-likeness (QED) is 0.884. The van der Waals surface area contributed by atoms with Gasteiger partial charge in [0.2, 0.25) is 0 Å². The molecule has 5 heteroatoms. The average Bonchev–Trinajstić information content (AvgIpc) is 2.67. The van der Waals surface area contributed by atoms with E-state index in [0.29, 0.717) is 12.1 Å². The maximum Gasteiger partial charge on any atom is 0.335 e. The molecule has 0 amide bonds. The van der Waals surface area contributed by atoms with E-state index in [4.69, 9.17) is 5.11 Å². The number of H-pyrrole nitrogens is 1. The van der Waals surface area contributed by atoms with Crippen LogP contribution in [-0.2, 0) is 6.42 Å². The van der Waals surface area contributed by atoms with Gasteiger partial charge in [-0.25, -0.2) is 9.48 Å². The molecule has 1 aromatic heterocycles. The molecule has 0 aliphatic carbocycles. The summed E-state index contributed by atoms with van der Waals surface area (Å²) in [5, 5.41) is 12.0. The number of carbonyl (C=O) groups is 1. The van der Waals surface area contributed by atoms with Gasteiger partial charge in [0.1, 0.15) is 0 Å². The van der Waals surface area contributed by atoms with Gasteiger partial charge >= 0.3 is 5.97 Å². The van der Waals surface area contributed by atoms with Crippen molar-refractivity contribution in [2.75, 3.05) is 0 Å². The van der Waals surface area contributed by atoms with Crippen LogP contribution in [0.15, 0.2) is 29.1 Å². The van der Waals surface area contributed by atoms with Crippen LogP contribution in [0.2, 0.25) is 0 Å². The van der Waals surface area contributed by atoms with Crippen LogP contribution in [0.1, 0.15) is 35.0 Å². The zero-order valence-electron chi connectivity index (χ0n) is 10.9. The first-order valence-electron chi connectivity index (χ1n) is 6.18. The highest BCUT2D eigenvalue weighted by molar-refractivity contribution is 5.88. The van der Waals surface area contributed by atoms with Crippen molar-refractivity contribution in [1.29, 1.82) is 0 Å². The molecule has 100 valence electrons. The first kappa shape index (κ1) is 13.1. The minimum Gasteiger partial charge on any atom is -0.478 e. The molecule has 1 aromatic carbocycles. The van der Waals surface area contributed by atoms with Crippen molar-refractivity contribution >= 4 is 5.97 Å². The van der Waals surface area contributed by atoms with E-state index >= 15 is 0 Å². The Morgan fingerprint density at radius 3 is 2.79 bits per heavy atom. The molecule has 0 saturated heterocycles. The maximum absolute atomic E-state index is 12.2. The number of aromatic carboxylic acids is 1. The zero-order valence-corrected chi connectivity index (χ0v) is 10.9. The molecule has 0 unspecified atom stereocenters. The van der Waals surface area contributed by atoms with Gasteiger partial charge in [0.15, 0.2) is 0 Å². The molecule has 2 rings (SSSR count). The molecule has 0 bridgehead atoms. The fraction of sp³-hybridized carbons (Fsp3) is 0.286. The zero-order chi connectivity index (χ0) is 14.0. The Hall–Kier alpha value is -2.30. The number of hydrogen-bond donors (Lipinski definition) is 2. The van der Waals surface area contributed by atoms with Gasteiger partial charge < -0.3 is 5.11 Å². The minimum atomic E-state index is -1.01. The molecule has 0 aliphatic heterocycles. The van der Waals surface area contributed by atoms with Crippen LogP contribution >= 0.6 is 0 Å². The van der Waals surface area contributed by atoms with Gasteiger partial charge in [-0.2, -0.15) is 0 Å². The van der Waals surface area contributed by atoms with Crippen LogP contribution < -0.4 is 5.56 Å². The van der Waals surface area contributed by atoms with Crippen molar-refractivity contribution < 1.29 is 9.90 Å². The lowest BCUT2D eigenvalue weighted by Crippen LogP contribution is -2.17. The number of benzene rings is 1. The average molecular weight is 260 g/mol. The highest BCUT2D eigenvalue weighted by Crippen LogP contribution is 2.11. The number of nitrogens with one attached hydrogen (secondary N) is 1. The van der Waals surface area contributed by atoms with Gasteiger partial charge in [0, 0.05) is 11.3 Å². The molecular formula is C14H16N2O3. The first-order chi connectivity index (χ1) is 9.04. The second-order valence-corrected chi connectivity index (χ2v) is 4.46. The van der Waals surface area contributed by atoms with Crippen LogP contribution in [0, 0.1) is 6.92 Å². The third kappa shape index (κ3) is 2.45. The van der Waals surface area contributed by atoms with E-state index in [1.807, 2.05) is 13.8 Å².